The van der Waals surface area contributed by atoms with E-state index in [4.69, 9.17) is 14.2 Å². The molecule has 2 aromatic rings. The Bertz CT molecular complexity index is 999. The van der Waals surface area contributed by atoms with E-state index in [9.17, 15) is 14.4 Å². The highest BCUT2D eigenvalue weighted by atomic mass is 16.6. The van der Waals surface area contributed by atoms with Gasteiger partial charge in [-0.15, -0.1) is 0 Å². The summed E-state index contributed by atoms with van der Waals surface area (Å²) in [5.74, 6) is 0.352. The summed E-state index contributed by atoms with van der Waals surface area (Å²) in [5.41, 5.74) is 1.10. The molecule has 2 aromatic carbocycles. The van der Waals surface area contributed by atoms with Crippen molar-refractivity contribution in [3.8, 4) is 11.5 Å². The number of hydrogen-bond acceptors (Lipinski definition) is 7. The third-order valence-corrected chi connectivity index (χ3v) is 5.72. The standard InChI is InChI=1S/C27H35N3O6/c1-27(2,3)36-24(32)17-30-15-14-28-22(26(30)33)16-23(31)29-25(18-6-10-20(34-4)11-7-18)19-8-12-21(35-5)13-9-19/h6-13,22,25,28H,14-17H2,1-5H3,(H,29,31). The van der Waals surface area contributed by atoms with Crippen LogP contribution in [0.2, 0.25) is 0 Å². The SMILES string of the molecule is COc1ccc(C(NC(=O)CC2NCCN(CC(=O)OC(C)(C)C)C2=O)c2ccc(OC)cc2)cc1. The molecule has 0 saturated carbocycles. The third-order valence-electron chi connectivity index (χ3n) is 5.72. The van der Waals surface area contributed by atoms with Crippen LogP contribution in [0.25, 0.3) is 0 Å². The number of piperazine rings is 1. The Kier molecular flexibility index (Phi) is 8.93. The Hall–Kier alpha value is -3.59. The van der Waals surface area contributed by atoms with Crippen molar-refractivity contribution in [2.75, 3.05) is 33.9 Å². The molecule has 36 heavy (non-hydrogen) atoms. The predicted molar refractivity (Wildman–Crippen MR) is 135 cm³/mol. The number of hydrogen-bond donors (Lipinski definition) is 2. The normalized spacial score (nSPS) is 16.0. The summed E-state index contributed by atoms with van der Waals surface area (Å²) >= 11 is 0. The van der Waals surface area contributed by atoms with Gasteiger partial charge in [0.15, 0.2) is 0 Å². The second-order valence-electron chi connectivity index (χ2n) is 9.60. The summed E-state index contributed by atoms with van der Waals surface area (Å²) in [6.07, 6.45) is -0.0630. The van der Waals surface area contributed by atoms with E-state index in [-0.39, 0.29) is 24.8 Å². The highest BCUT2D eigenvalue weighted by Gasteiger charge is 2.33. The van der Waals surface area contributed by atoms with Crippen LogP contribution in [0.1, 0.15) is 44.4 Å². The first-order valence-corrected chi connectivity index (χ1v) is 11.9. The van der Waals surface area contributed by atoms with E-state index >= 15 is 0 Å². The highest BCUT2D eigenvalue weighted by molar-refractivity contribution is 5.91. The Labute approximate surface area is 212 Å². The molecule has 1 fully saturated rings. The summed E-state index contributed by atoms with van der Waals surface area (Å²) in [5, 5.41) is 6.15. The molecule has 0 aromatic heterocycles. The van der Waals surface area contributed by atoms with Gasteiger partial charge in [0.05, 0.1) is 32.7 Å². The lowest BCUT2D eigenvalue weighted by molar-refractivity contribution is -0.160. The van der Waals surface area contributed by atoms with Crippen molar-refractivity contribution in [3.63, 3.8) is 0 Å². The van der Waals surface area contributed by atoms with Crippen molar-refractivity contribution in [1.29, 1.82) is 0 Å². The quantitative estimate of drug-likeness (QED) is 0.513. The van der Waals surface area contributed by atoms with Gasteiger partial charge < -0.3 is 29.7 Å². The van der Waals surface area contributed by atoms with Gasteiger partial charge in [-0.05, 0) is 56.2 Å². The molecule has 0 spiro atoms. The minimum Gasteiger partial charge on any atom is -0.497 e. The van der Waals surface area contributed by atoms with Crippen molar-refractivity contribution in [2.45, 2.75) is 44.9 Å². The minimum absolute atomic E-state index is 0.0630. The largest absolute Gasteiger partial charge is 0.497 e. The first-order chi connectivity index (χ1) is 17.1. The summed E-state index contributed by atoms with van der Waals surface area (Å²) in [6.45, 7) is 6.04. The van der Waals surface area contributed by atoms with Gasteiger partial charge in [-0.3, -0.25) is 14.4 Å². The van der Waals surface area contributed by atoms with E-state index in [1.807, 2.05) is 48.5 Å². The number of amides is 2. The molecule has 0 radical (unpaired) electrons. The van der Waals surface area contributed by atoms with Crippen molar-refractivity contribution in [2.24, 2.45) is 0 Å². The van der Waals surface area contributed by atoms with E-state index in [2.05, 4.69) is 10.6 Å². The molecule has 9 nitrogen and oxygen atoms in total. The number of carbonyl (C=O) groups is 3. The predicted octanol–water partition coefficient (Wildman–Crippen LogP) is 2.44. The monoisotopic (exact) mass is 497 g/mol. The first-order valence-electron chi connectivity index (χ1n) is 11.9. The average molecular weight is 498 g/mol. The maximum Gasteiger partial charge on any atom is 0.326 e. The van der Waals surface area contributed by atoms with Gasteiger partial charge >= 0.3 is 5.97 Å². The molecule has 1 aliphatic heterocycles. The third kappa shape index (κ3) is 7.45. The average Bonchev–Trinajstić information content (AvgIpc) is 2.84. The zero-order valence-electron chi connectivity index (χ0n) is 21.5. The van der Waals surface area contributed by atoms with Crippen molar-refractivity contribution < 1.29 is 28.6 Å². The van der Waals surface area contributed by atoms with E-state index in [1.54, 1.807) is 35.0 Å². The van der Waals surface area contributed by atoms with Crippen molar-refractivity contribution in [3.05, 3.63) is 59.7 Å². The lowest BCUT2D eigenvalue weighted by atomic mass is 9.97. The van der Waals surface area contributed by atoms with E-state index in [0.717, 1.165) is 11.1 Å². The van der Waals surface area contributed by atoms with Crippen LogP contribution in [-0.2, 0) is 19.1 Å². The van der Waals surface area contributed by atoms with Gasteiger partial charge in [0.2, 0.25) is 11.8 Å². The molecular formula is C27H35N3O6. The molecule has 0 aliphatic carbocycles. The molecule has 3 rings (SSSR count). The number of ether oxygens (including phenoxy) is 3. The minimum atomic E-state index is -0.728. The maximum absolute atomic E-state index is 13.1. The molecule has 1 unspecified atom stereocenters. The number of esters is 1. The molecule has 9 heteroatoms. The highest BCUT2D eigenvalue weighted by Crippen LogP contribution is 2.26. The molecular weight excluding hydrogens is 462 g/mol. The summed E-state index contributed by atoms with van der Waals surface area (Å²) in [4.78, 5) is 39.7. The lowest BCUT2D eigenvalue weighted by Gasteiger charge is -2.33. The molecule has 1 atom stereocenters. The van der Waals surface area contributed by atoms with Crippen LogP contribution in [0.5, 0.6) is 11.5 Å². The number of benzene rings is 2. The second kappa shape index (κ2) is 11.9. The van der Waals surface area contributed by atoms with Crippen molar-refractivity contribution in [1.82, 2.24) is 15.5 Å². The fourth-order valence-corrected chi connectivity index (χ4v) is 3.99. The van der Waals surface area contributed by atoms with Gasteiger partial charge in [0.1, 0.15) is 23.6 Å². The molecule has 194 valence electrons. The summed E-state index contributed by atoms with van der Waals surface area (Å²) in [6, 6.07) is 13.7. The lowest BCUT2D eigenvalue weighted by Crippen LogP contribution is -2.57. The van der Waals surface area contributed by atoms with Crippen LogP contribution < -0.4 is 20.1 Å². The number of methoxy groups -OCH3 is 2. The number of carbonyl (C=O) groups excluding carboxylic acids is 3. The topological polar surface area (TPSA) is 106 Å². The second-order valence-corrected chi connectivity index (χ2v) is 9.60. The van der Waals surface area contributed by atoms with Gasteiger partial charge in [0.25, 0.3) is 0 Å². The van der Waals surface area contributed by atoms with Crippen LogP contribution >= 0.6 is 0 Å². The molecule has 1 aliphatic rings. The Balaban J connectivity index is 1.71. The summed E-state index contributed by atoms with van der Waals surface area (Å²) in [7, 11) is 3.19. The Morgan fingerprint density at radius 1 is 1.00 bits per heavy atom. The molecule has 1 heterocycles. The fraction of sp³-hybridized carbons (Fsp3) is 0.444. The zero-order chi connectivity index (χ0) is 26.3. The van der Waals surface area contributed by atoms with Crippen molar-refractivity contribution >= 4 is 17.8 Å². The van der Waals surface area contributed by atoms with E-state index in [0.29, 0.717) is 24.6 Å². The smallest absolute Gasteiger partial charge is 0.326 e. The van der Waals surface area contributed by atoms with Gasteiger partial charge in [-0.1, -0.05) is 24.3 Å². The van der Waals surface area contributed by atoms with Crippen LogP contribution in [-0.4, -0.2) is 68.2 Å². The maximum atomic E-state index is 13.1. The van der Waals surface area contributed by atoms with Gasteiger partial charge in [-0.25, -0.2) is 0 Å². The van der Waals surface area contributed by atoms with Crippen LogP contribution in [0.15, 0.2) is 48.5 Å². The number of nitrogens with zero attached hydrogens (tertiary/aromatic N) is 1. The molecule has 2 amide bonds. The number of rotatable bonds is 9. The van der Waals surface area contributed by atoms with E-state index in [1.165, 1.54) is 4.90 Å². The van der Waals surface area contributed by atoms with Crippen LogP contribution in [0.4, 0.5) is 0 Å². The Morgan fingerprint density at radius 3 is 2.00 bits per heavy atom. The van der Waals surface area contributed by atoms with Crippen LogP contribution in [0, 0.1) is 0 Å². The fourth-order valence-electron chi connectivity index (χ4n) is 3.99. The zero-order valence-corrected chi connectivity index (χ0v) is 21.5. The Morgan fingerprint density at radius 2 is 1.53 bits per heavy atom. The van der Waals surface area contributed by atoms with Crippen LogP contribution in [0.3, 0.4) is 0 Å². The van der Waals surface area contributed by atoms with Gasteiger partial charge in [0, 0.05) is 13.1 Å². The molecule has 1 saturated heterocycles. The molecule has 2 N–H and O–H groups in total. The molecule has 0 bridgehead atoms. The first kappa shape index (κ1) is 27.0. The number of nitrogens with one attached hydrogen (secondary N) is 2. The summed E-state index contributed by atoms with van der Waals surface area (Å²) < 4.78 is 15.8. The van der Waals surface area contributed by atoms with E-state index < -0.39 is 23.7 Å². The van der Waals surface area contributed by atoms with Gasteiger partial charge in [-0.2, -0.15) is 0 Å².